The molecule has 1 aromatic heterocycles. The Balaban J connectivity index is 2.64. The molecule has 0 N–H and O–H groups in total. The van der Waals surface area contributed by atoms with Crippen LogP contribution in [0.5, 0.6) is 0 Å². The van der Waals surface area contributed by atoms with Gasteiger partial charge in [0.25, 0.3) is 0 Å². The van der Waals surface area contributed by atoms with Crippen molar-refractivity contribution in [3.63, 3.8) is 0 Å². The summed E-state index contributed by atoms with van der Waals surface area (Å²) in [6, 6.07) is 4.91. The van der Waals surface area contributed by atoms with E-state index in [-0.39, 0.29) is 20.8 Å². The molecule has 0 aliphatic rings. The van der Waals surface area contributed by atoms with Gasteiger partial charge >= 0.3 is 98.1 Å². The Bertz CT molecular complexity index is 703. The van der Waals surface area contributed by atoms with Crippen LogP contribution in [-0.4, -0.2) is 22.9 Å². The first-order valence-electron chi connectivity index (χ1n) is 4.99. The van der Waals surface area contributed by atoms with Gasteiger partial charge in [-0.25, -0.2) is 0 Å². The summed E-state index contributed by atoms with van der Waals surface area (Å²) in [5.41, 5.74) is 4.10. The van der Waals surface area contributed by atoms with Crippen LogP contribution in [0.15, 0.2) is 18.2 Å². The topological polar surface area (TPSA) is 25.8 Å². The van der Waals surface area contributed by atoms with Crippen molar-refractivity contribution in [1.29, 1.82) is 0 Å². The summed E-state index contributed by atoms with van der Waals surface area (Å²) in [4.78, 5) is 0. The van der Waals surface area contributed by atoms with Gasteiger partial charge in [-0.3, -0.25) is 0 Å². The molecular weight excluding hydrogens is 270 g/mol. The van der Waals surface area contributed by atoms with E-state index in [0.29, 0.717) is 0 Å². The Kier molecular flexibility index (Phi) is 2.09. The molecular formula is C12H9FN2Se. The van der Waals surface area contributed by atoms with Crippen molar-refractivity contribution in [2.45, 2.75) is 13.8 Å². The van der Waals surface area contributed by atoms with Crippen molar-refractivity contribution in [1.82, 2.24) is 7.96 Å². The second-order valence-electron chi connectivity index (χ2n) is 3.90. The molecule has 0 saturated heterocycles. The molecule has 0 aliphatic carbocycles. The molecule has 3 aromatic rings. The molecule has 0 unspecified atom stereocenters. The summed E-state index contributed by atoms with van der Waals surface area (Å²) in [6.45, 7) is 4.01. The van der Waals surface area contributed by atoms with Crippen molar-refractivity contribution in [2.24, 2.45) is 0 Å². The van der Waals surface area contributed by atoms with Gasteiger partial charge in [0, 0.05) is 0 Å². The third-order valence-corrected chi connectivity index (χ3v) is 4.10. The molecule has 0 saturated carbocycles. The van der Waals surface area contributed by atoms with Crippen LogP contribution in [0.2, 0.25) is 0 Å². The van der Waals surface area contributed by atoms with E-state index < -0.39 is 0 Å². The van der Waals surface area contributed by atoms with Crippen molar-refractivity contribution >= 4 is 36.8 Å². The Labute approximate surface area is 98.3 Å². The average Bonchev–Trinajstić information content (AvgIpc) is 2.75. The SMILES string of the molecule is Cc1c2ccc(F)cc2c(C)c2n[se]nc12. The fourth-order valence-corrected chi connectivity index (χ4v) is 3.46. The molecule has 0 bridgehead atoms. The van der Waals surface area contributed by atoms with E-state index in [1.54, 1.807) is 6.07 Å². The predicted molar refractivity (Wildman–Crippen MR) is 63.4 cm³/mol. The molecule has 4 heteroatoms. The van der Waals surface area contributed by atoms with Gasteiger partial charge in [-0.2, -0.15) is 0 Å². The first-order chi connectivity index (χ1) is 7.68. The molecule has 1 heterocycles. The summed E-state index contributed by atoms with van der Waals surface area (Å²) < 4.78 is 22.1. The number of benzene rings is 2. The molecule has 0 amide bonds. The summed E-state index contributed by atoms with van der Waals surface area (Å²) in [5, 5.41) is 2.03. The van der Waals surface area contributed by atoms with Crippen LogP contribution in [0.25, 0.3) is 21.8 Å². The van der Waals surface area contributed by atoms with Gasteiger partial charge in [0.15, 0.2) is 0 Å². The molecule has 0 atom stereocenters. The normalized spacial score (nSPS) is 11.4. The second-order valence-corrected chi connectivity index (χ2v) is 5.01. The predicted octanol–water partition coefficient (Wildman–Crippen LogP) is 2.60. The molecule has 2 nitrogen and oxygen atoms in total. The van der Waals surface area contributed by atoms with Crippen molar-refractivity contribution in [2.75, 3.05) is 0 Å². The minimum atomic E-state index is -0.199. The van der Waals surface area contributed by atoms with Crippen molar-refractivity contribution in [3.8, 4) is 0 Å². The first kappa shape index (κ1) is 9.94. The van der Waals surface area contributed by atoms with Gasteiger partial charge in [0.1, 0.15) is 0 Å². The molecule has 80 valence electrons. The number of fused-ring (bicyclic) bond motifs is 2. The number of aryl methyl sites for hydroxylation is 2. The number of hydrogen-bond donors (Lipinski definition) is 0. The van der Waals surface area contributed by atoms with Crippen molar-refractivity contribution in [3.05, 3.63) is 35.1 Å². The fraction of sp³-hybridized carbons (Fsp3) is 0.167. The van der Waals surface area contributed by atoms with Gasteiger partial charge in [-0.15, -0.1) is 0 Å². The van der Waals surface area contributed by atoms with Crippen LogP contribution in [-0.2, 0) is 0 Å². The number of hydrogen-bond acceptors (Lipinski definition) is 2. The average molecular weight is 279 g/mol. The Morgan fingerprint density at radius 3 is 2.31 bits per heavy atom. The standard InChI is InChI=1S/C12H9FN2Se/c1-6-9-4-3-8(13)5-10(9)7(2)12-11(6)14-16-15-12/h3-5H,1-2H3. The van der Waals surface area contributed by atoms with Crippen LogP contribution < -0.4 is 0 Å². The summed E-state index contributed by atoms with van der Waals surface area (Å²) in [6.07, 6.45) is 0. The zero-order valence-electron chi connectivity index (χ0n) is 8.91. The third-order valence-electron chi connectivity index (χ3n) is 2.99. The van der Waals surface area contributed by atoms with Crippen molar-refractivity contribution < 1.29 is 4.39 Å². The van der Waals surface area contributed by atoms with Gasteiger partial charge in [-0.05, 0) is 0 Å². The Morgan fingerprint density at radius 1 is 1.00 bits per heavy atom. The number of nitrogens with zero attached hydrogens (tertiary/aromatic N) is 2. The Hall–Kier alpha value is -1.25. The van der Waals surface area contributed by atoms with Gasteiger partial charge in [0.05, 0.1) is 0 Å². The van der Waals surface area contributed by atoms with Crippen LogP contribution in [0.4, 0.5) is 4.39 Å². The number of halogens is 1. The van der Waals surface area contributed by atoms with Gasteiger partial charge in [-0.1, -0.05) is 0 Å². The van der Waals surface area contributed by atoms with E-state index in [1.165, 1.54) is 6.07 Å². The molecule has 0 aliphatic heterocycles. The van der Waals surface area contributed by atoms with E-state index in [0.717, 1.165) is 32.9 Å². The third kappa shape index (κ3) is 1.24. The van der Waals surface area contributed by atoms with Crippen LogP contribution in [0.3, 0.4) is 0 Å². The molecule has 0 spiro atoms. The summed E-state index contributed by atoms with van der Waals surface area (Å²) >= 11 is -0.0340. The second kappa shape index (κ2) is 3.37. The van der Waals surface area contributed by atoms with Crippen LogP contribution in [0.1, 0.15) is 11.1 Å². The van der Waals surface area contributed by atoms with Crippen LogP contribution in [0, 0.1) is 19.7 Å². The van der Waals surface area contributed by atoms with Gasteiger partial charge in [0.2, 0.25) is 0 Å². The summed E-state index contributed by atoms with van der Waals surface area (Å²) in [5.74, 6) is -0.199. The quantitative estimate of drug-likeness (QED) is 0.591. The zero-order chi connectivity index (χ0) is 11.3. The van der Waals surface area contributed by atoms with E-state index in [9.17, 15) is 4.39 Å². The summed E-state index contributed by atoms with van der Waals surface area (Å²) in [7, 11) is 0. The monoisotopic (exact) mass is 280 g/mol. The minimum absolute atomic E-state index is 0.0340. The van der Waals surface area contributed by atoms with E-state index in [1.807, 2.05) is 19.9 Å². The first-order valence-corrected chi connectivity index (χ1v) is 6.52. The number of aromatic nitrogens is 2. The molecule has 2 aromatic carbocycles. The zero-order valence-corrected chi connectivity index (χ0v) is 10.6. The molecule has 0 radical (unpaired) electrons. The van der Waals surface area contributed by atoms with E-state index in [2.05, 4.69) is 7.96 Å². The van der Waals surface area contributed by atoms with Gasteiger partial charge < -0.3 is 0 Å². The molecule has 3 rings (SSSR count). The molecule has 16 heavy (non-hydrogen) atoms. The van der Waals surface area contributed by atoms with Crippen LogP contribution >= 0.6 is 0 Å². The maximum atomic E-state index is 13.3. The van der Waals surface area contributed by atoms with E-state index in [4.69, 9.17) is 0 Å². The maximum absolute atomic E-state index is 13.3. The Morgan fingerprint density at radius 2 is 1.62 bits per heavy atom. The fourth-order valence-electron chi connectivity index (χ4n) is 2.09. The number of rotatable bonds is 0. The van der Waals surface area contributed by atoms with E-state index >= 15 is 0 Å². The molecule has 0 fully saturated rings.